The summed E-state index contributed by atoms with van der Waals surface area (Å²) in [5.41, 5.74) is 4.12. The first-order chi connectivity index (χ1) is 6.95. The summed E-state index contributed by atoms with van der Waals surface area (Å²) in [5, 5.41) is 9.17. The molecule has 0 aliphatic carbocycles. The zero-order valence-corrected chi connectivity index (χ0v) is 7.83. The van der Waals surface area contributed by atoms with Gasteiger partial charge in [-0.1, -0.05) is 0 Å². The summed E-state index contributed by atoms with van der Waals surface area (Å²) in [6.45, 7) is -0.0894. The maximum atomic E-state index is 12.4. The van der Waals surface area contributed by atoms with Gasteiger partial charge in [0.1, 0.15) is 0 Å². The van der Waals surface area contributed by atoms with Crippen molar-refractivity contribution >= 4 is 0 Å². The van der Waals surface area contributed by atoms with Crippen LogP contribution >= 0.6 is 0 Å². The average Bonchev–Trinajstić information content (AvgIpc) is 2.17. The predicted molar refractivity (Wildman–Crippen MR) is 48.0 cm³/mol. The zero-order valence-electron chi connectivity index (χ0n) is 7.83. The van der Waals surface area contributed by atoms with Crippen LogP contribution in [0.3, 0.4) is 0 Å². The summed E-state index contributed by atoms with van der Waals surface area (Å²) in [7, 11) is 0. The number of pyridine rings is 1. The molecule has 1 rings (SSSR count). The molecule has 1 unspecified atom stereocenters. The average molecular weight is 220 g/mol. The van der Waals surface area contributed by atoms with Crippen LogP contribution in [0.4, 0.5) is 13.2 Å². The molecule has 3 N–H and O–H groups in total. The third kappa shape index (κ3) is 3.17. The number of aliphatic hydroxyl groups is 1. The molecule has 1 aromatic heterocycles. The van der Waals surface area contributed by atoms with Crippen LogP contribution in [0.15, 0.2) is 18.3 Å². The van der Waals surface area contributed by atoms with E-state index in [1.54, 1.807) is 0 Å². The number of nitrogens with two attached hydrogens (primary N) is 1. The molecule has 0 saturated carbocycles. The normalized spacial score (nSPS) is 13.9. The number of halogens is 3. The zero-order chi connectivity index (χ0) is 11.5. The van der Waals surface area contributed by atoms with Crippen LogP contribution in [-0.2, 0) is 12.6 Å². The molecule has 0 bridgehead atoms. The molecule has 0 fully saturated rings. The van der Waals surface area contributed by atoms with Gasteiger partial charge in [0.25, 0.3) is 0 Å². The standard InChI is InChI=1S/C9H11F3N2O/c10-9(11,12)7-2-1-3-14-8(7)4-6(15)5-13/h1-3,6,15H,4-5,13H2. The molecule has 1 aromatic rings. The van der Waals surface area contributed by atoms with Crippen molar-refractivity contribution < 1.29 is 18.3 Å². The van der Waals surface area contributed by atoms with Crippen molar-refractivity contribution in [2.24, 2.45) is 5.73 Å². The number of hydrogen-bond acceptors (Lipinski definition) is 3. The third-order valence-electron chi connectivity index (χ3n) is 1.90. The molecular weight excluding hydrogens is 209 g/mol. The van der Waals surface area contributed by atoms with Gasteiger partial charge in [0, 0.05) is 19.2 Å². The maximum Gasteiger partial charge on any atom is 0.418 e. The summed E-state index contributed by atoms with van der Waals surface area (Å²) >= 11 is 0. The van der Waals surface area contributed by atoms with Crippen molar-refractivity contribution in [3.05, 3.63) is 29.6 Å². The molecule has 84 valence electrons. The summed E-state index contributed by atoms with van der Waals surface area (Å²) in [5.74, 6) is 0. The summed E-state index contributed by atoms with van der Waals surface area (Å²) in [4.78, 5) is 3.60. The Balaban J connectivity index is 2.97. The Hall–Kier alpha value is -1.14. The lowest BCUT2D eigenvalue weighted by atomic mass is 10.1. The molecule has 1 atom stereocenters. The largest absolute Gasteiger partial charge is 0.418 e. The van der Waals surface area contributed by atoms with Crippen LogP contribution in [0.25, 0.3) is 0 Å². The topological polar surface area (TPSA) is 59.1 Å². The van der Waals surface area contributed by atoms with Crippen molar-refractivity contribution in [1.82, 2.24) is 4.98 Å². The summed E-state index contributed by atoms with van der Waals surface area (Å²) in [6, 6.07) is 2.15. The van der Waals surface area contributed by atoms with Gasteiger partial charge in [-0.3, -0.25) is 4.98 Å². The minimum absolute atomic E-state index is 0.0894. The van der Waals surface area contributed by atoms with Gasteiger partial charge in [-0.05, 0) is 12.1 Å². The van der Waals surface area contributed by atoms with Crippen molar-refractivity contribution in [2.45, 2.75) is 18.7 Å². The molecule has 6 heteroatoms. The van der Waals surface area contributed by atoms with Gasteiger partial charge < -0.3 is 10.8 Å². The first-order valence-corrected chi connectivity index (χ1v) is 4.34. The van der Waals surface area contributed by atoms with Gasteiger partial charge in [-0.25, -0.2) is 0 Å². The number of hydrogen-bond donors (Lipinski definition) is 2. The molecule has 1 heterocycles. The Morgan fingerprint density at radius 3 is 2.67 bits per heavy atom. The highest BCUT2D eigenvalue weighted by molar-refractivity contribution is 5.23. The van der Waals surface area contributed by atoms with Gasteiger partial charge in [-0.2, -0.15) is 13.2 Å². The third-order valence-corrected chi connectivity index (χ3v) is 1.90. The highest BCUT2D eigenvalue weighted by atomic mass is 19.4. The summed E-state index contributed by atoms with van der Waals surface area (Å²) in [6.07, 6.45) is -4.38. The molecule has 0 aliphatic rings. The van der Waals surface area contributed by atoms with E-state index in [1.165, 1.54) is 12.3 Å². The van der Waals surface area contributed by atoms with Crippen LogP contribution < -0.4 is 5.73 Å². The van der Waals surface area contributed by atoms with Crippen LogP contribution in [0, 0.1) is 0 Å². The van der Waals surface area contributed by atoms with E-state index in [0.717, 1.165) is 6.07 Å². The second kappa shape index (κ2) is 4.59. The molecule has 0 aliphatic heterocycles. The van der Waals surface area contributed by atoms with Crippen molar-refractivity contribution in [2.75, 3.05) is 6.54 Å². The van der Waals surface area contributed by atoms with Crippen molar-refractivity contribution in [3.8, 4) is 0 Å². The van der Waals surface area contributed by atoms with Crippen molar-refractivity contribution in [1.29, 1.82) is 0 Å². The van der Waals surface area contributed by atoms with Gasteiger partial charge in [0.05, 0.1) is 17.4 Å². The second-order valence-corrected chi connectivity index (χ2v) is 3.09. The molecule has 0 saturated heterocycles. The number of nitrogens with zero attached hydrogens (tertiary/aromatic N) is 1. The number of alkyl halides is 3. The lowest BCUT2D eigenvalue weighted by Crippen LogP contribution is -2.24. The minimum atomic E-state index is -4.45. The van der Waals surface area contributed by atoms with E-state index in [1.807, 2.05) is 0 Å². The predicted octanol–water partition coefficient (Wildman–Crippen LogP) is 0.962. The Bertz CT molecular complexity index is 327. The Labute approximate surface area is 84.7 Å². The fourth-order valence-corrected chi connectivity index (χ4v) is 1.17. The fraction of sp³-hybridized carbons (Fsp3) is 0.444. The monoisotopic (exact) mass is 220 g/mol. The molecular formula is C9H11F3N2O. The number of rotatable bonds is 3. The summed E-state index contributed by atoms with van der Waals surface area (Å²) < 4.78 is 37.3. The van der Waals surface area contributed by atoms with E-state index in [-0.39, 0.29) is 18.7 Å². The molecule has 0 spiro atoms. The number of aromatic nitrogens is 1. The first-order valence-electron chi connectivity index (χ1n) is 4.34. The van der Waals surface area contributed by atoms with E-state index in [4.69, 9.17) is 10.8 Å². The van der Waals surface area contributed by atoms with Gasteiger partial charge in [0.2, 0.25) is 0 Å². The highest BCUT2D eigenvalue weighted by Crippen LogP contribution is 2.31. The lowest BCUT2D eigenvalue weighted by Gasteiger charge is -2.13. The fourth-order valence-electron chi connectivity index (χ4n) is 1.17. The minimum Gasteiger partial charge on any atom is -0.391 e. The maximum absolute atomic E-state index is 12.4. The molecule has 15 heavy (non-hydrogen) atoms. The Morgan fingerprint density at radius 2 is 2.13 bits per heavy atom. The molecule has 0 radical (unpaired) electrons. The van der Waals surface area contributed by atoms with E-state index >= 15 is 0 Å². The van der Waals surface area contributed by atoms with Crippen LogP contribution in [0.2, 0.25) is 0 Å². The van der Waals surface area contributed by atoms with Crippen LogP contribution in [0.1, 0.15) is 11.3 Å². The molecule has 3 nitrogen and oxygen atoms in total. The van der Waals surface area contributed by atoms with E-state index in [2.05, 4.69) is 4.98 Å². The van der Waals surface area contributed by atoms with Crippen LogP contribution in [0.5, 0.6) is 0 Å². The molecule has 0 amide bonds. The van der Waals surface area contributed by atoms with Gasteiger partial charge >= 0.3 is 6.18 Å². The van der Waals surface area contributed by atoms with Gasteiger partial charge in [-0.15, -0.1) is 0 Å². The highest BCUT2D eigenvalue weighted by Gasteiger charge is 2.33. The second-order valence-electron chi connectivity index (χ2n) is 3.09. The Kier molecular flexibility index (Phi) is 3.65. The SMILES string of the molecule is NCC(O)Cc1ncccc1C(F)(F)F. The lowest BCUT2D eigenvalue weighted by molar-refractivity contribution is -0.138. The smallest absolute Gasteiger partial charge is 0.391 e. The van der Waals surface area contributed by atoms with E-state index in [9.17, 15) is 13.2 Å². The first kappa shape index (κ1) is 11.9. The van der Waals surface area contributed by atoms with Crippen molar-refractivity contribution in [3.63, 3.8) is 0 Å². The van der Waals surface area contributed by atoms with E-state index in [0.29, 0.717) is 0 Å². The molecule has 0 aromatic carbocycles. The van der Waals surface area contributed by atoms with Gasteiger partial charge in [0.15, 0.2) is 0 Å². The van der Waals surface area contributed by atoms with E-state index < -0.39 is 17.8 Å². The quantitative estimate of drug-likeness (QED) is 0.797. The number of aliphatic hydroxyl groups excluding tert-OH is 1. The Morgan fingerprint density at radius 1 is 1.47 bits per heavy atom. The van der Waals surface area contributed by atoms with Crippen LogP contribution in [-0.4, -0.2) is 22.7 Å².